The molecule has 0 fully saturated rings. The molecule has 0 heterocycles. The molecule has 0 spiro atoms. The van der Waals surface area contributed by atoms with Crippen molar-refractivity contribution in [1.29, 1.82) is 0 Å². The number of rotatable bonds is 5. The second-order valence-electron chi connectivity index (χ2n) is 9.79. The van der Waals surface area contributed by atoms with Crippen LogP contribution in [-0.4, -0.2) is 11.7 Å². The molecule has 0 bridgehead atoms. The van der Waals surface area contributed by atoms with Crippen LogP contribution in [0.5, 0.6) is 0 Å². The van der Waals surface area contributed by atoms with Crippen LogP contribution in [0, 0.1) is 10.4 Å². The highest BCUT2D eigenvalue weighted by atomic mass is 35.5. The van der Waals surface area contributed by atoms with E-state index in [0.717, 1.165) is 35.3 Å². The summed E-state index contributed by atoms with van der Waals surface area (Å²) in [5, 5.41) is 8.45. The molecule has 0 radical (unpaired) electrons. The standard InChI is InChI=1S/C33H25Cl2NO2/c34-30-10-5-11-31(35)29(30)19-32(37)36-22-15-12-21(13-16-22)33(38)28-18-27-23-7-2-1-6-20(23)14-17-26(27)24-8-3-4-9-25(24)28/h3-6,8-17H,1-2,7,18-19H2,(H,36,37). The first kappa shape index (κ1) is 24.7. The van der Waals surface area contributed by atoms with E-state index in [-0.39, 0.29) is 18.1 Å². The summed E-state index contributed by atoms with van der Waals surface area (Å²) in [6.45, 7) is 0. The van der Waals surface area contributed by atoms with Crippen LogP contribution in [0.2, 0.25) is 10.0 Å². The van der Waals surface area contributed by atoms with Crippen molar-refractivity contribution in [3.05, 3.63) is 132 Å². The largest absolute Gasteiger partial charge is 0.326 e. The molecule has 4 aromatic rings. The normalized spacial score (nSPS) is 13.6. The van der Waals surface area contributed by atoms with Gasteiger partial charge < -0.3 is 5.32 Å². The molecule has 0 saturated carbocycles. The van der Waals surface area contributed by atoms with Crippen molar-refractivity contribution in [2.75, 3.05) is 5.32 Å². The van der Waals surface area contributed by atoms with Crippen LogP contribution in [0.4, 0.5) is 5.69 Å². The molecule has 0 aliphatic heterocycles. The molecule has 188 valence electrons. The fraction of sp³-hybridized carbons (Fsp3) is 0.152. The average Bonchev–Trinajstić information content (AvgIpc) is 2.94. The van der Waals surface area contributed by atoms with Gasteiger partial charge in [-0.25, -0.2) is 0 Å². The van der Waals surface area contributed by atoms with Crippen LogP contribution >= 0.6 is 23.2 Å². The van der Waals surface area contributed by atoms with Crippen molar-refractivity contribution >= 4 is 52.2 Å². The number of Topliss-reactive ketones (excluding diaryl/α,β-unsaturated/α-hetero) is 1. The summed E-state index contributed by atoms with van der Waals surface area (Å²) in [6.07, 6.45) is 6.30. The highest BCUT2D eigenvalue weighted by Gasteiger charge is 2.21. The van der Waals surface area contributed by atoms with Crippen LogP contribution in [0.25, 0.3) is 11.6 Å². The monoisotopic (exact) mass is 537 g/mol. The lowest BCUT2D eigenvalue weighted by atomic mass is 9.84. The molecular weight excluding hydrogens is 513 g/mol. The van der Waals surface area contributed by atoms with Crippen LogP contribution < -0.4 is 15.8 Å². The van der Waals surface area contributed by atoms with Gasteiger partial charge in [0.15, 0.2) is 5.78 Å². The van der Waals surface area contributed by atoms with Crippen molar-refractivity contribution < 1.29 is 9.59 Å². The molecule has 38 heavy (non-hydrogen) atoms. The minimum atomic E-state index is -0.229. The Kier molecular flexibility index (Phi) is 6.65. The van der Waals surface area contributed by atoms with E-state index in [1.165, 1.54) is 21.6 Å². The summed E-state index contributed by atoms with van der Waals surface area (Å²) in [7, 11) is 0. The minimum Gasteiger partial charge on any atom is -0.326 e. The molecule has 5 heteroatoms. The number of hydrogen-bond donors (Lipinski definition) is 1. The number of amides is 1. The minimum absolute atomic E-state index is 0.0150. The first-order valence-electron chi connectivity index (χ1n) is 12.8. The first-order chi connectivity index (χ1) is 18.5. The lowest BCUT2D eigenvalue weighted by molar-refractivity contribution is -0.115. The molecule has 1 N–H and O–H groups in total. The third-order valence-electron chi connectivity index (χ3n) is 7.46. The van der Waals surface area contributed by atoms with Crippen molar-refractivity contribution in [1.82, 2.24) is 0 Å². The maximum absolute atomic E-state index is 13.8. The molecule has 0 aromatic heterocycles. The maximum atomic E-state index is 13.8. The zero-order valence-electron chi connectivity index (χ0n) is 20.7. The topological polar surface area (TPSA) is 46.2 Å². The second kappa shape index (κ2) is 10.2. The summed E-state index contributed by atoms with van der Waals surface area (Å²) in [6, 6.07) is 24.9. The number of anilines is 1. The Morgan fingerprint density at radius 1 is 0.763 bits per heavy atom. The number of fused-ring (bicyclic) bond motifs is 4. The lowest BCUT2D eigenvalue weighted by Crippen LogP contribution is -2.25. The zero-order chi connectivity index (χ0) is 26.2. The van der Waals surface area contributed by atoms with Gasteiger partial charge in [0.1, 0.15) is 0 Å². The third kappa shape index (κ3) is 4.57. The number of ketones is 1. The van der Waals surface area contributed by atoms with E-state index in [2.05, 4.69) is 29.6 Å². The van der Waals surface area contributed by atoms with Gasteiger partial charge in [-0.15, -0.1) is 0 Å². The molecule has 3 nitrogen and oxygen atoms in total. The third-order valence-corrected chi connectivity index (χ3v) is 8.17. The first-order valence-corrected chi connectivity index (χ1v) is 13.6. The number of benzene rings is 4. The molecule has 2 aliphatic carbocycles. The highest BCUT2D eigenvalue weighted by Crippen LogP contribution is 2.26. The van der Waals surface area contributed by atoms with E-state index in [1.54, 1.807) is 42.5 Å². The molecule has 0 unspecified atom stereocenters. The summed E-state index contributed by atoms with van der Waals surface area (Å²) >= 11 is 12.4. The quantitative estimate of drug-likeness (QED) is 0.309. The van der Waals surface area contributed by atoms with Crippen LogP contribution in [0.15, 0.2) is 78.9 Å². The van der Waals surface area contributed by atoms with E-state index in [0.29, 0.717) is 33.3 Å². The van der Waals surface area contributed by atoms with Gasteiger partial charge in [-0.1, -0.05) is 71.7 Å². The van der Waals surface area contributed by atoms with Crippen molar-refractivity contribution in [2.24, 2.45) is 0 Å². The Balaban J connectivity index is 1.30. The predicted molar refractivity (Wildman–Crippen MR) is 154 cm³/mol. The number of hydrogen-bond acceptors (Lipinski definition) is 2. The van der Waals surface area contributed by atoms with Gasteiger partial charge in [-0.05, 0) is 93.2 Å². The van der Waals surface area contributed by atoms with Crippen molar-refractivity contribution in [3.63, 3.8) is 0 Å². The van der Waals surface area contributed by atoms with Gasteiger partial charge in [0.05, 0.1) is 6.42 Å². The van der Waals surface area contributed by atoms with E-state index in [1.807, 2.05) is 18.2 Å². The van der Waals surface area contributed by atoms with E-state index in [9.17, 15) is 9.59 Å². The second-order valence-corrected chi connectivity index (χ2v) is 10.6. The number of carbonyl (C=O) groups is 2. The number of carbonyl (C=O) groups excluding carboxylic acids is 2. The molecule has 6 rings (SSSR count). The zero-order valence-corrected chi connectivity index (χ0v) is 22.2. The summed E-state index contributed by atoms with van der Waals surface area (Å²) in [4.78, 5) is 26.5. The van der Waals surface area contributed by atoms with Crippen molar-refractivity contribution in [2.45, 2.75) is 32.1 Å². The Bertz CT molecular complexity index is 1800. The SMILES string of the molecule is O=C(Cc1c(Cl)cccc1Cl)Nc1ccc(C(=O)C2=c3ccccc3=c3ccc4c(c3C2)CCCC=4)cc1. The van der Waals surface area contributed by atoms with Crippen molar-refractivity contribution in [3.8, 4) is 0 Å². The van der Waals surface area contributed by atoms with Crippen LogP contribution in [0.3, 0.4) is 0 Å². The number of nitrogens with one attached hydrogen (secondary N) is 1. The summed E-state index contributed by atoms with van der Waals surface area (Å²) in [5.74, 6) is -0.214. The smallest absolute Gasteiger partial charge is 0.228 e. The van der Waals surface area contributed by atoms with Gasteiger partial charge >= 0.3 is 0 Å². The fourth-order valence-electron chi connectivity index (χ4n) is 5.59. The Morgan fingerprint density at radius 3 is 2.26 bits per heavy atom. The van der Waals surface area contributed by atoms with Gasteiger partial charge in [0, 0.05) is 33.3 Å². The van der Waals surface area contributed by atoms with Gasteiger partial charge in [-0.2, -0.15) is 0 Å². The molecule has 4 aromatic carbocycles. The number of halogens is 2. The molecular formula is C33H25Cl2NO2. The van der Waals surface area contributed by atoms with Gasteiger partial charge in [-0.3, -0.25) is 9.59 Å². The molecule has 2 aliphatic rings. The maximum Gasteiger partial charge on any atom is 0.228 e. The molecule has 1 amide bonds. The van der Waals surface area contributed by atoms with E-state index >= 15 is 0 Å². The fourth-order valence-corrected chi connectivity index (χ4v) is 6.12. The highest BCUT2D eigenvalue weighted by molar-refractivity contribution is 6.36. The average molecular weight is 538 g/mol. The van der Waals surface area contributed by atoms with Gasteiger partial charge in [0.2, 0.25) is 5.91 Å². The molecule has 0 saturated heterocycles. The lowest BCUT2D eigenvalue weighted by Gasteiger charge is -2.20. The van der Waals surface area contributed by atoms with Crippen LogP contribution in [0.1, 0.15) is 39.9 Å². The molecule has 0 atom stereocenters. The summed E-state index contributed by atoms with van der Waals surface area (Å²) < 4.78 is 0. The predicted octanol–water partition coefficient (Wildman–Crippen LogP) is 6.17. The Hall–Kier alpha value is -3.66. The Labute approximate surface area is 230 Å². The van der Waals surface area contributed by atoms with E-state index in [4.69, 9.17) is 23.2 Å². The Morgan fingerprint density at radius 2 is 1.50 bits per heavy atom. The van der Waals surface area contributed by atoms with E-state index < -0.39 is 0 Å². The van der Waals surface area contributed by atoms with Crippen LogP contribution in [-0.2, 0) is 24.1 Å². The van der Waals surface area contributed by atoms with Gasteiger partial charge in [0.25, 0.3) is 0 Å². The summed E-state index contributed by atoms with van der Waals surface area (Å²) in [5.41, 5.74) is 5.28.